The van der Waals surface area contributed by atoms with Gasteiger partial charge in [0.05, 0.1) is 34.0 Å². The second kappa shape index (κ2) is 5.93. The summed E-state index contributed by atoms with van der Waals surface area (Å²) in [6.45, 7) is 1.91. The molecule has 0 fully saturated rings. The fourth-order valence-corrected chi connectivity index (χ4v) is 2.99. The van der Waals surface area contributed by atoms with Crippen molar-refractivity contribution in [3.63, 3.8) is 0 Å². The van der Waals surface area contributed by atoms with Crippen LogP contribution in [0.15, 0.2) is 65.2 Å². The molecule has 0 saturated heterocycles. The zero-order valence-corrected chi connectivity index (χ0v) is 12.2. The zero-order valence-electron chi connectivity index (χ0n) is 12.2. The first-order valence-electron chi connectivity index (χ1n) is 7.15. The number of benzene rings is 2. The third kappa shape index (κ3) is 2.32. The molecule has 0 aliphatic carbocycles. The van der Waals surface area contributed by atoms with Gasteiger partial charge in [0.25, 0.3) is 0 Å². The molecule has 112 valence electrons. The lowest BCUT2D eigenvalue weighted by Gasteiger charge is -2.38. The van der Waals surface area contributed by atoms with Crippen LogP contribution in [0.4, 0.5) is 11.4 Å². The van der Waals surface area contributed by atoms with Crippen molar-refractivity contribution in [2.45, 2.75) is 25.4 Å². The van der Waals surface area contributed by atoms with Crippen LogP contribution in [0.3, 0.4) is 0 Å². The van der Waals surface area contributed by atoms with E-state index in [9.17, 15) is 9.81 Å². The quantitative estimate of drug-likeness (QED) is 0.626. The van der Waals surface area contributed by atoms with E-state index in [-0.39, 0.29) is 12.1 Å². The van der Waals surface area contributed by atoms with Gasteiger partial charge < -0.3 is 0 Å². The third-order valence-electron chi connectivity index (χ3n) is 4.02. The predicted octanol–water partition coefficient (Wildman–Crippen LogP) is 4.20. The minimum atomic E-state index is -0.218. The van der Waals surface area contributed by atoms with Gasteiger partial charge in [0, 0.05) is 5.56 Å². The van der Waals surface area contributed by atoms with Crippen molar-refractivity contribution in [3.05, 3.63) is 70.0 Å². The monoisotopic (exact) mass is 296 g/mol. The van der Waals surface area contributed by atoms with E-state index in [1.165, 1.54) is 10.0 Å². The Morgan fingerprint density at radius 2 is 1.73 bits per heavy atom. The summed E-state index contributed by atoms with van der Waals surface area (Å²) in [5.41, 5.74) is 2.34. The molecule has 0 amide bonds. The minimum Gasteiger partial charge on any atom is -0.226 e. The van der Waals surface area contributed by atoms with Crippen molar-refractivity contribution in [2.24, 2.45) is 10.6 Å². The van der Waals surface area contributed by atoms with Crippen molar-refractivity contribution in [1.82, 2.24) is 0 Å². The summed E-state index contributed by atoms with van der Waals surface area (Å²) in [5, 5.41) is 9.27. The highest BCUT2D eigenvalue weighted by molar-refractivity contribution is 5.60. The summed E-state index contributed by atoms with van der Waals surface area (Å²) in [6.07, 6.45) is 0.587. The highest BCUT2D eigenvalue weighted by atomic mass is 16.3. The number of rotatable bonds is 4. The molecular formula is C16H16N4O2. The Morgan fingerprint density at radius 3 is 2.41 bits per heavy atom. The maximum atomic E-state index is 11.4. The first-order chi connectivity index (χ1) is 10.8. The van der Waals surface area contributed by atoms with Crippen molar-refractivity contribution in [1.29, 1.82) is 0 Å². The molecule has 3 rings (SSSR count). The van der Waals surface area contributed by atoms with Gasteiger partial charge in [-0.05, 0) is 31.5 Å². The van der Waals surface area contributed by atoms with Gasteiger partial charge in [-0.2, -0.15) is 0 Å². The number of para-hydroxylation sites is 2. The van der Waals surface area contributed by atoms with Crippen molar-refractivity contribution in [3.8, 4) is 0 Å². The average Bonchev–Trinajstić information content (AvgIpc) is 2.57. The molecule has 1 aliphatic heterocycles. The molecule has 0 spiro atoms. The fourth-order valence-electron chi connectivity index (χ4n) is 2.99. The number of anilines is 2. The molecule has 0 N–H and O–H groups in total. The summed E-state index contributed by atoms with van der Waals surface area (Å²) < 4.78 is 0. The molecular weight excluding hydrogens is 280 g/mol. The Bertz CT molecular complexity index is 677. The molecule has 1 aliphatic rings. The van der Waals surface area contributed by atoms with E-state index in [2.05, 4.69) is 10.6 Å². The summed E-state index contributed by atoms with van der Waals surface area (Å²) in [4.78, 5) is 22.6. The first kappa shape index (κ1) is 14.2. The highest BCUT2D eigenvalue weighted by Gasteiger charge is 2.35. The molecule has 0 aromatic heterocycles. The summed E-state index contributed by atoms with van der Waals surface area (Å²) in [7, 11) is 0. The normalized spacial score (nSPS) is 20.1. The van der Waals surface area contributed by atoms with Crippen LogP contribution in [-0.2, 0) is 0 Å². The minimum absolute atomic E-state index is 0.106. The van der Waals surface area contributed by atoms with Crippen molar-refractivity contribution in [2.75, 3.05) is 10.0 Å². The second-order valence-electron chi connectivity index (χ2n) is 5.35. The van der Waals surface area contributed by atoms with E-state index in [1.807, 2.05) is 61.5 Å². The van der Waals surface area contributed by atoms with E-state index in [0.29, 0.717) is 6.42 Å². The lowest BCUT2D eigenvalue weighted by molar-refractivity contribution is 0.476. The van der Waals surface area contributed by atoms with Gasteiger partial charge in [0.15, 0.2) is 0 Å². The Kier molecular flexibility index (Phi) is 3.82. The van der Waals surface area contributed by atoms with Gasteiger partial charge in [-0.25, -0.2) is 10.0 Å². The van der Waals surface area contributed by atoms with Crippen LogP contribution in [-0.4, -0.2) is 6.04 Å². The summed E-state index contributed by atoms with van der Waals surface area (Å²) >= 11 is 0. The molecule has 2 aromatic carbocycles. The lowest BCUT2D eigenvalue weighted by atomic mass is 9.92. The third-order valence-corrected chi connectivity index (χ3v) is 4.02. The van der Waals surface area contributed by atoms with Gasteiger partial charge in [0.1, 0.15) is 0 Å². The molecule has 0 saturated carbocycles. The molecule has 6 heteroatoms. The van der Waals surface area contributed by atoms with Crippen LogP contribution in [0.1, 0.15) is 24.9 Å². The zero-order chi connectivity index (χ0) is 15.5. The molecule has 2 atom stereocenters. The Morgan fingerprint density at radius 1 is 1.05 bits per heavy atom. The van der Waals surface area contributed by atoms with Crippen LogP contribution in [0, 0.1) is 9.81 Å². The van der Waals surface area contributed by atoms with Crippen molar-refractivity contribution >= 4 is 11.4 Å². The maximum absolute atomic E-state index is 11.4. The molecule has 2 unspecified atom stereocenters. The molecule has 2 aromatic rings. The average molecular weight is 296 g/mol. The van der Waals surface area contributed by atoms with Gasteiger partial charge >= 0.3 is 0 Å². The van der Waals surface area contributed by atoms with Gasteiger partial charge in [-0.1, -0.05) is 36.4 Å². The highest BCUT2D eigenvalue weighted by Crippen LogP contribution is 2.42. The topological polar surface area (TPSA) is 65.3 Å². The van der Waals surface area contributed by atoms with Gasteiger partial charge in [-0.15, -0.1) is 9.81 Å². The molecule has 0 radical (unpaired) electrons. The predicted molar refractivity (Wildman–Crippen MR) is 86.3 cm³/mol. The number of fused-ring (bicyclic) bond motifs is 1. The van der Waals surface area contributed by atoms with Crippen LogP contribution in [0.2, 0.25) is 0 Å². The molecule has 1 heterocycles. The Labute approximate surface area is 128 Å². The summed E-state index contributed by atoms with van der Waals surface area (Å²) in [6, 6.07) is 16.5. The number of hydrogen-bond acceptors (Lipinski definition) is 4. The fraction of sp³-hybridized carbons (Fsp3) is 0.250. The largest absolute Gasteiger partial charge is 0.226 e. The van der Waals surface area contributed by atoms with Crippen LogP contribution in [0.5, 0.6) is 0 Å². The molecule has 0 bridgehead atoms. The number of hydrogen-bond donors (Lipinski definition) is 0. The smallest absolute Gasteiger partial charge is 0.0848 e. The molecule has 6 nitrogen and oxygen atoms in total. The van der Waals surface area contributed by atoms with E-state index in [0.717, 1.165) is 16.9 Å². The van der Waals surface area contributed by atoms with Crippen LogP contribution < -0.4 is 10.0 Å². The van der Waals surface area contributed by atoms with Gasteiger partial charge in [-0.3, -0.25) is 0 Å². The Balaban J connectivity index is 2.07. The number of nitroso groups, excluding NO2 is 2. The van der Waals surface area contributed by atoms with Crippen molar-refractivity contribution < 1.29 is 0 Å². The van der Waals surface area contributed by atoms with E-state index < -0.39 is 0 Å². The van der Waals surface area contributed by atoms with E-state index in [4.69, 9.17) is 0 Å². The maximum Gasteiger partial charge on any atom is 0.0848 e. The standard InChI is InChI=1S/C16H16N4O2/c1-12-11-16(20(18-22)13-7-3-2-4-8-13)14-9-5-6-10-15(14)19(12)17-21/h2-10,12,16H,11H2,1H3. The number of nitrogens with zero attached hydrogens (tertiary/aromatic N) is 4. The van der Waals surface area contributed by atoms with E-state index >= 15 is 0 Å². The van der Waals surface area contributed by atoms with Crippen LogP contribution >= 0.6 is 0 Å². The molecule has 22 heavy (non-hydrogen) atoms. The summed E-state index contributed by atoms with van der Waals surface area (Å²) in [5.74, 6) is 0. The lowest BCUT2D eigenvalue weighted by Crippen LogP contribution is -2.39. The van der Waals surface area contributed by atoms with Gasteiger partial charge in [0.2, 0.25) is 0 Å². The Hall–Kier alpha value is -2.76. The SMILES string of the molecule is CC1CC(N(N=O)c2ccccc2)c2ccccc2N1N=O. The van der Waals surface area contributed by atoms with Crippen LogP contribution in [0.25, 0.3) is 0 Å². The first-order valence-corrected chi connectivity index (χ1v) is 7.15. The van der Waals surface area contributed by atoms with E-state index in [1.54, 1.807) is 0 Å². The second-order valence-corrected chi connectivity index (χ2v) is 5.35.